The van der Waals surface area contributed by atoms with Crippen molar-refractivity contribution in [3.8, 4) is 0 Å². The second-order valence-electron chi connectivity index (χ2n) is 6.20. The van der Waals surface area contributed by atoms with Crippen LogP contribution in [0.1, 0.15) is 43.7 Å². The third-order valence-corrected chi connectivity index (χ3v) is 4.50. The van der Waals surface area contributed by atoms with Gasteiger partial charge in [-0.3, -0.25) is 4.79 Å². The summed E-state index contributed by atoms with van der Waals surface area (Å²) in [5.41, 5.74) is 0.624. The smallest absolute Gasteiger partial charge is 0.220 e. The molecule has 1 aliphatic carbocycles. The van der Waals surface area contributed by atoms with Crippen LogP contribution in [0.5, 0.6) is 0 Å². The molecule has 5 nitrogen and oxygen atoms in total. The van der Waals surface area contributed by atoms with Crippen molar-refractivity contribution >= 4 is 5.91 Å². The molecule has 1 aromatic carbocycles. The van der Waals surface area contributed by atoms with Gasteiger partial charge < -0.3 is 5.32 Å². The molecule has 1 amide bonds. The Morgan fingerprint density at radius 2 is 2.00 bits per heavy atom. The first-order valence-electron chi connectivity index (χ1n) is 8.19. The van der Waals surface area contributed by atoms with Crippen LogP contribution in [0.2, 0.25) is 0 Å². The van der Waals surface area contributed by atoms with Crippen LogP contribution in [-0.2, 0) is 11.2 Å². The van der Waals surface area contributed by atoms with E-state index in [-0.39, 0.29) is 18.4 Å². The average Bonchev–Trinajstić information content (AvgIpc) is 3.11. The highest BCUT2D eigenvalue weighted by atomic mass is 19.2. The van der Waals surface area contributed by atoms with Gasteiger partial charge in [0.05, 0.1) is 6.04 Å². The fraction of sp³-hybridized carbons (Fsp3) is 0.471. The first-order valence-corrected chi connectivity index (χ1v) is 8.19. The first kappa shape index (κ1) is 16.5. The molecule has 0 aliphatic heterocycles. The lowest BCUT2D eigenvalue weighted by atomic mass is 9.91. The van der Waals surface area contributed by atoms with E-state index in [1.807, 2.05) is 4.68 Å². The summed E-state index contributed by atoms with van der Waals surface area (Å²) in [6.07, 6.45) is 7.65. The number of hydrogen-bond acceptors (Lipinski definition) is 3. The number of carbonyl (C=O) groups excluding carboxylic acids is 1. The Bertz CT molecular complexity index is 682. The highest BCUT2D eigenvalue weighted by molar-refractivity contribution is 5.76. The zero-order valence-corrected chi connectivity index (χ0v) is 13.3. The fourth-order valence-corrected chi connectivity index (χ4v) is 3.14. The van der Waals surface area contributed by atoms with E-state index < -0.39 is 11.6 Å². The molecule has 0 atom stereocenters. The van der Waals surface area contributed by atoms with Gasteiger partial charge in [-0.2, -0.15) is 5.10 Å². The van der Waals surface area contributed by atoms with Crippen LogP contribution in [0.4, 0.5) is 8.78 Å². The van der Waals surface area contributed by atoms with E-state index in [2.05, 4.69) is 15.4 Å². The zero-order chi connectivity index (χ0) is 16.9. The van der Waals surface area contributed by atoms with Crippen molar-refractivity contribution in [2.45, 2.75) is 50.6 Å². The Labute approximate surface area is 139 Å². The molecular weight excluding hydrogens is 314 g/mol. The van der Waals surface area contributed by atoms with Gasteiger partial charge in [-0.1, -0.05) is 6.07 Å². The molecule has 3 rings (SSSR count). The van der Waals surface area contributed by atoms with Crippen LogP contribution in [0, 0.1) is 11.6 Å². The summed E-state index contributed by atoms with van der Waals surface area (Å²) in [5, 5.41) is 7.19. The predicted molar refractivity (Wildman–Crippen MR) is 84.1 cm³/mol. The van der Waals surface area contributed by atoms with Crippen molar-refractivity contribution in [1.29, 1.82) is 0 Å². The number of nitrogens with zero attached hydrogens (tertiary/aromatic N) is 3. The molecular formula is C17H20F2N4O. The van der Waals surface area contributed by atoms with E-state index in [1.165, 1.54) is 12.4 Å². The summed E-state index contributed by atoms with van der Waals surface area (Å²) >= 11 is 0. The molecule has 1 aromatic heterocycles. The molecule has 1 N–H and O–H groups in total. The van der Waals surface area contributed by atoms with Crippen LogP contribution < -0.4 is 5.32 Å². The van der Waals surface area contributed by atoms with Gasteiger partial charge in [0.1, 0.15) is 12.7 Å². The molecule has 0 bridgehead atoms. The van der Waals surface area contributed by atoms with Crippen molar-refractivity contribution in [2.24, 2.45) is 0 Å². The molecule has 0 saturated heterocycles. The summed E-state index contributed by atoms with van der Waals surface area (Å²) < 4.78 is 27.9. The van der Waals surface area contributed by atoms with Gasteiger partial charge in [0, 0.05) is 12.5 Å². The van der Waals surface area contributed by atoms with Crippen molar-refractivity contribution < 1.29 is 13.6 Å². The van der Waals surface area contributed by atoms with Gasteiger partial charge in [-0.15, -0.1) is 0 Å². The number of halogens is 2. The summed E-state index contributed by atoms with van der Waals surface area (Å²) in [6.45, 7) is 0. The Balaban J connectivity index is 1.42. The normalized spacial score (nSPS) is 20.8. The molecule has 2 aromatic rings. The first-order chi connectivity index (χ1) is 11.6. The van der Waals surface area contributed by atoms with E-state index in [4.69, 9.17) is 0 Å². The molecule has 24 heavy (non-hydrogen) atoms. The monoisotopic (exact) mass is 334 g/mol. The minimum atomic E-state index is -0.876. The van der Waals surface area contributed by atoms with Crippen LogP contribution in [-0.4, -0.2) is 26.7 Å². The largest absolute Gasteiger partial charge is 0.353 e. The lowest BCUT2D eigenvalue weighted by Crippen LogP contribution is -2.38. The van der Waals surface area contributed by atoms with Gasteiger partial charge >= 0.3 is 0 Å². The van der Waals surface area contributed by atoms with E-state index in [0.717, 1.165) is 37.8 Å². The SMILES string of the molecule is O=C(CCc1ccc(F)c(F)c1)NC1CCC(n2cncn2)CC1. The van der Waals surface area contributed by atoms with E-state index in [9.17, 15) is 13.6 Å². The zero-order valence-electron chi connectivity index (χ0n) is 13.3. The van der Waals surface area contributed by atoms with Gasteiger partial charge in [-0.05, 0) is 49.8 Å². The third kappa shape index (κ3) is 4.15. The number of benzene rings is 1. The minimum absolute atomic E-state index is 0.0519. The van der Waals surface area contributed by atoms with Gasteiger partial charge in [0.25, 0.3) is 0 Å². The number of hydrogen-bond donors (Lipinski definition) is 1. The molecule has 0 unspecified atom stereocenters. The summed E-state index contributed by atoms with van der Waals surface area (Å²) in [6, 6.07) is 4.26. The third-order valence-electron chi connectivity index (χ3n) is 4.50. The van der Waals surface area contributed by atoms with Gasteiger partial charge in [0.2, 0.25) is 5.91 Å². The molecule has 128 valence electrons. The lowest BCUT2D eigenvalue weighted by molar-refractivity contribution is -0.122. The highest BCUT2D eigenvalue weighted by Crippen LogP contribution is 2.27. The lowest BCUT2D eigenvalue weighted by Gasteiger charge is -2.29. The predicted octanol–water partition coefficient (Wildman–Crippen LogP) is 2.79. The maximum Gasteiger partial charge on any atom is 0.220 e. The van der Waals surface area contributed by atoms with E-state index >= 15 is 0 Å². The number of aryl methyl sites for hydroxylation is 1. The Morgan fingerprint density at radius 3 is 2.67 bits per heavy atom. The average molecular weight is 334 g/mol. The Morgan fingerprint density at radius 1 is 1.21 bits per heavy atom. The van der Waals surface area contributed by atoms with E-state index in [1.54, 1.807) is 6.33 Å². The van der Waals surface area contributed by atoms with Gasteiger partial charge in [0.15, 0.2) is 11.6 Å². The number of rotatable bonds is 5. The molecule has 1 fully saturated rings. The minimum Gasteiger partial charge on any atom is -0.353 e. The fourth-order valence-electron chi connectivity index (χ4n) is 3.14. The second kappa shape index (κ2) is 7.51. The molecule has 0 spiro atoms. The topological polar surface area (TPSA) is 59.8 Å². The molecule has 1 saturated carbocycles. The molecule has 7 heteroatoms. The molecule has 1 aliphatic rings. The summed E-state index contributed by atoms with van der Waals surface area (Å²) in [4.78, 5) is 16.0. The molecule has 1 heterocycles. The van der Waals surface area contributed by atoms with Crippen LogP contribution in [0.15, 0.2) is 30.9 Å². The van der Waals surface area contributed by atoms with Crippen LogP contribution in [0.25, 0.3) is 0 Å². The standard InChI is InChI=1S/C17H20F2N4O/c18-15-7-1-12(9-16(15)19)2-8-17(24)22-13-3-5-14(6-4-13)23-11-20-10-21-23/h1,7,9-11,13-14H,2-6,8H2,(H,22,24). The summed E-state index contributed by atoms with van der Waals surface area (Å²) in [5.74, 6) is -1.80. The second-order valence-corrected chi connectivity index (χ2v) is 6.20. The highest BCUT2D eigenvalue weighted by Gasteiger charge is 2.23. The van der Waals surface area contributed by atoms with Gasteiger partial charge in [-0.25, -0.2) is 18.4 Å². The summed E-state index contributed by atoms with van der Waals surface area (Å²) in [7, 11) is 0. The molecule has 0 radical (unpaired) electrons. The van der Waals surface area contributed by atoms with Crippen LogP contribution in [0.3, 0.4) is 0 Å². The Hall–Kier alpha value is -2.31. The van der Waals surface area contributed by atoms with Crippen molar-refractivity contribution in [3.63, 3.8) is 0 Å². The maximum absolute atomic E-state index is 13.1. The Kier molecular flexibility index (Phi) is 5.17. The number of nitrogens with one attached hydrogen (secondary N) is 1. The quantitative estimate of drug-likeness (QED) is 0.915. The van der Waals surface area contributed by atoms with Crippen LogP contribution >= 0.6 is 0 Å². The number of amides is 1. The van der Waals surface area contributed by atoms with E-state index in [0.29, 0.717) is 18.0 Å². The number of carbonyl (C=O) groups is 1. The van der Waals surface area contributed by atoms with Crippen molar-refractivity contribution in [2.75, 3.05) is 0 Å². The maximum atomic E-state index is 13.1. The number of aromatic nitrogens is 3. The van der Waals surface area contributed by atoms with Crippen molar-refractivity contribution in [3.05, 3.63) is 48.1 Å². The van der Waals surface area contributed by atoms with Crippen molar-refractivity contribution in [1.82, 2.24) is 20.1 Å².